The summed E-state index contributed by atoms with van der Waals surface area (Å²) < 4.78 is 10.5. The standard InChI is InChI=1S/C17H22N2O5/c1-10(2)18-8-13-11(3)19(24-9-20)14-7-16(23-5)15(22-4)6-12(14)17(13)21/h6-11,18H,1-5H3. The van der Waals surface area contributed by atoms with Gasteiger partial charge in [0.1, 0.15) is 0 Å². The zero-order valence-corrected chi connectivity index (χ0v) is 14.5. The molecule has 0 saturated carbocycles. The van der Waals surface area contributed by atoms with E-state index in [2.05, 4.69) is 5.32 Å². The lowest BCUT2D eigenvalue weighted by Crippen LogP contribution is -2.42. The highest BCUT2D eigenvalue weighted by Gasteiger charge is 2.36. The Hall–Kier alpha value is -2.70. The summed E-state index contributed by atoms with van der Waals surface area (Å²) in [7, 11) is 3.00. The van der Waals surface area contributed by atoms with Gasteiger partial charge in [0, 0.05) is 23.9 Å². The maximum absolute atomic E-state index is 12.9. The number of methoxy groups -OCH3 is 2. The third-order valence-electron chi connectivity index (χ3n) is 3.78. The number of hydrogen-bond donors (Lipinski definition) is 1. The van der Waals surface area contributed by atoms with E-state index in [9.17, 15) is 9.59 Å². The molecule has 0 bridgehead atoms. The highest BCUT2D eigenvalue weighted by molar-refractivity contribution is 6.15. The monoisotopic (exact) mass is 334 g/mol. The third kappa shape index (κ3) is 3.15. The maximum Gasteiger partial charge on any atom is 0.320 e. The quantitative estimate of drug-likeness (QED) is 0.630. The number of carbonyl (C=O) groups is 2. The molecule has 0 aromatic heterocycles. The van der Waals surface area contributed by atoms with E-state index in [1.165, 1.54) is 19.3 Å². The molecule has 130 valence electrons. The molecule has 1 heterocycles. The van der Waals surface area contributed by atoms with Gasteiger partial charge in [-0.15, -0.1) is 0 Å². The van der Waals surface area contributed by atoms with Crippen molar-refractivity contribution in [2.45, 2.75) is 32.9 Å². The van der Waals surface area contributed by atoms with E-state index in [4.69, 9.17) is 14.3 Å². The van der Waals surface area contributed by atoms with Crippen LogP contribution in [0.3, 0.4) is 0 Å². The van der Waals surface area contributed by atoms with Crippen molar-refractivity contribution in [3.8, 4) is 11.5 Å². The zero-order chi connectivity index (χ0) is 17.9. The van der Waals surface area contributed by atoms with Crippen molar-refractivity contribution in [2.24, 2.45) is 0 Å². The Morgan fingerprint density at radius 1 is 1.21 bits per heavy atom. The van der Waals surface area contributed by atoms with Crippen LogP contribution in [0.4, 0.5) is 5.69 Å². The smallest absolute Gasteiger partial charge is 0.320 e. The minimum atomic E-state index is -0.445. The van der Waals surface area contributed by atoms with Crippen molar-refractivity contribution < 1.29 is 23.9 Å². The van der Waals surface area contributed by atoms with E-state index in [1.54, 1.807) is 25.3 Å². The lowest BCUT2D eigenvalue weighted by molar-refractivity contribution is -0.130. The van der Waals surface area contributed by atoms with Gasteiger partial charge in [-0.2, -0.15) is 5.06 Å². The first-order valence-corrected chi connectivity index (χ1v) is 7.61. The fourth-order valence-corrected chi connectivity index (χ4v) is 2.55. The predicted octanol–water partition coefficient (Wildman–Crippen LogP) is 2.06. The van der Waals surface area contributed by atoms with Crippen molar-refractivity contribution in [3.05, 3.63) is 29.5 Å². The molecular formula is C17H22N2O5. The molecule has 1 unspecified atom stereocenters. The second-order valence-corrected chi connectivity index (χ2v) is 5.68. The highest BCUT2D eigenvalue weighted by atomic mass is 16.7. The number of fused-ring (bicyclic) bond motifs is 1. The normalized spacial score (nSPS) is 18.4. The van der Waals surface area contributed by atoms with Crippen LogP contribution in [0.15, 0.2) is 23.9 Å². The van der Waals surface area contributed by atoms with Crippen molar-refractivity contribution in [1.29, 1.82) is 0 Å². The Morgan fingerprint density at radius 3 is 2.38 bits per heavy atom. The molecule has 0 spiro atoms. The molecule has 0 fully saturated rings. The summed E-state index contributed by atoms with van der Waals surface area (Å²) in [4.78, 5) is 28.9. The molecule has 24 heavy (non-hydrogen) atoms. The molecule has 1 aromatic rings. The number of carbonyl (C=O) groups excluding carboxylic acids is 2. The molecule has 1 aromatic carbocycles. The molecule has 0 amide bonds. The number of ether oxygens (including phenoxy) is 2. The third-order valence-corrected chi connectivity index (χ3v) is 3.78. The first-order chi connectivity index (χ1) is 11.4. The van der Waals surface area contributed by atoms with Crippen LogP contribution < -0.4 is 19.9 Å². The summed E-state index contributed by atoms with van der Waals surface area (Å²) in [5.41, 5.74) is 1.33. The van der Waals surface area contributed by atoms with E-state index < -0.39 is 6.04 Å². The minimum absolute atomic E-state index is 0.155. The van der Waals surface area contributed by atoms with E-state index >= 15 is 0 Å². The maximum atomic E-state index is 12.9. The second-order valence-electron chi connectivity index (χ2n) is 5.68. The number of hydroxylamine groups is 1. The van der Waals surface area contributed by atoms with Crippen molar-refractivity contribution in [1.82, 2.24) is 5.32 Å². The molecule has 1 aliphatic heterocycles. The Kier molecular flexibility index (Phi) is 5.33. The Labute approximate surface area is 141 Å². The summed E-state index contributed by atoms with van der Waals surface area (Å²) in [6.45, 7) is 6.06. The number of anilines is 1. The van der Waals surface area contributed by atoms with Gasteiger partial charge in [0.05, 0.1) is 31.5 Å². The molecule has 7 heteroatoms. The molecule has 0 aliphatic carbocycles. The fraction of sp³-hybridized carbons (Fsp3) is 0.412. The number of benzene rings is 1. The van der Waals surface area contributed by atoms with E-state index in [1.807, 2.05) is 13.8 Å². The van der Waals surface area contributed by atoms with Crippen LogP contribution >= 0.6 is 0 Å². The summed E-state index contributed by atoms with van der Waals surface area (Å²) in [5.74, 6) is 0.724. The van der Waals surface area contributed by atoms with Crippen LogP contribution in [0, 0.1) is 0 Å². The molecule has 1 aliphatic rings. The highest BCUT2D eigenvalue weighted by Crippen LogP contribution is 2.40. The van der Waals surface area contributed by atoms with Gasteiger partial charge in [-0.3, -0.25) is 9.59 Å². The van der Waals surface area contributed by atoms with Gasteiger partial charge >= 0.3 is 6.47 Å². The summed E-state index contributed by atoms with van der Waals surface area (Å²) in [6.07, 6.45) is 1.67. The lowest BCUT2D eigenvalue weighted by atomic mass is 9.92. The SMILES string of the molecule is COc1cc2c(cc1OC)N(OC=O)C(C)C(=CNC(C)C)C2=O. The van der Waals surface area contributed by atoms with Gasteiger partial charge < -0.3 is 19.6 Å². The number of nitrogens with one attached hydrogen (secondary N) is 1. The van der Waals surface area contributed by atoms with Gasteiger partial charge in [-0.25, -0.2) is 0 Å². The summed E-state index contributed by atoms with van der Waals surface area (Å²) in [6, 6.07) is 2.94. The average molecular weight is 334 g/mol. The fourth-order valence-electron chi connectivity index (χ4n) is 2.55. The molecular weight excluding hydrogens is 312 g/mol. The second kappa shape index (κ2) is 7.25. The molecule has 0 saturated heterocycles. The minimum Gasteiger partial charge on any atom is -0.493 e. The first kappa shape index (κ1) is 17.7. The van der Waals surface area contributed by atoms with Gasteiger partial charge in [0.25, 0.3) is 0 Å². The lowest BCUT2D eigenvalue weighted by Gasteiger charge is -2.35. The van der Waals surface area contributed by atoms with Gasteiger partial charge in [-0.05, 0) is 26.8 Å². The van der Waals surface area contributed by atoms with Crippen LogP contribution in [0.25, 0.3) is 0 Å². The Balaban J connectivity index is 2.60. The summed E-state index contributed by atoms with van der Waals surface area (Å²) in [5, 5.41) is 4.50. The van der Waals surface area contributed by atoms with Crippen molar-refractivity contribution in [2.75, 3.05) is 19.3 Å². The zero-order valence-electron chi connectivity index (χ0n) is 14.5. The molecule has 1 atom stereocenters. The number of rotatable bonds is 6. The predicted molar refractivity (Wildman–Crippen MR) is 89.3 cm³/mol. The number of ketones is 1. The van der Waals surface area contributed by atoms with Crippen LogP contribution in [0.2, 0.25) is 0 Å². The number of hydrogen-bond acceptors (Lipinski definition) is 7. The molecule has 0 radical (unpaired) electrons. The average Bonchev–Trinajstić information content (AvgIpc) is 2.57. The number of Topliss-reactive ketones (excluding diaryl/α,β-unsaturated/α-hetero) is 1. The van der Waals surface area contributed by atoms with Gasteiger partial charge in [-0.1, -0.05) is 0 Å². The van der Waals surface area contributed by atoms with Crippen LogP contribution in [0.5, 0.6) is 11.5 Å². The summed E-state index contributed by atoms with van der Waals surface area (Å²) >= 11 is 0. The van der Waals surface area contributed by atoms with Crippen LogP contribution in [0.1, 0.15) is 31.1 Å². The molecule has 2 rings (SSSR count). The van der Waals surface area contributed by atoms with E-state index in [0.717, 1.165) is 0 Å². The van der Waals surface area contributed by atoms with Crippen molar-refractivity contribution >= 4 is 17.9 Å². The van der Waals surface area contributed by atoms with Crippen LogP contribution in [-0.4, -0.2) is 38.6 Å². The van der Waals surface area contributed by atoms with E-state index in [0.29, 0.717) is 34.8 Å². The topological polar surface area (TPSA) is 77.1 Å². The van der Waals surface area contributed by atoms with Crippen LogP contribution in [-0.2, 0) is 9.63 Å². The first-order valence-electron chi connectivity index (χ1n) is 7.61. The van der Waals surface area contributed by atoms with Gasteiger partial charge in [0.15, 0.2) is 17.3 Å². The number of nitrogens with zero attached hydrogens (tertiary/aromatic N) is 1. The van der Waals surface area contributed by atoms with Crippen molar-refractivity contribution in [3.63, 3.8) is 0 Å². The molecule has 7 nitrogen and oxygen atoms in total. The Bertz CT molecular complexity index is 669. The Morgan fingerprint density at radius 2 is 1.83 bits per heavy atom. The molecule has 1 N–H and O–H groups in total. The largest absolute Gasteiger partial charge is 0.493 e. The van der Waals surface area contributed by atoms with Gasteiger partial charge in [0.2, 0.25) is 0 Å². The van der Waals surface area contributed by atoms with E-state index in [-0.39, 0.29) is 11.8 Å².